The van der Waals surface area contributed by atoms with Crippen molar-refractivity contribution in [2.24, 2.45) is 23.2 Å². The molecule has 0 radical (unpaired) electrons. The zero-order valence-electron chi connectivity index (χ0n) is 19.5. The standard InChI is InChI=1S/C23H37N3O5/c1-14-9-22(4,5)13-23(10-14)20(29)26(21(30)25-23)11-19(28)31-12-18(27)24-17-8-6-7-15(2)16(17)3/h14-17H,6-13H2,1-5H3,(H,24,27)(H,25,30)/t14-,15-,16-,17+,23+/m1/s1. The van der Waals surface area contributed by atoms with Gasteiger partial charge in [0.25, 0.3) is 11.8 Å². The molecule has 3 fully saturated rings. The highest BCUT2D eigenvalue weighted by Gasteiger charge is 2.56. The molecule has 5 atom stereocenters. The van der Waals surface area contributed by atoms with E-state index in [0.717, 1.165) is 30.6 Å². The van der Waals surface area contributed by atoms with Crippen molar-refractivity contribution in [2.75, 3.05) is 13.2 Å². The quantitative estimate of drug-likeness (QED) is 0.510. The lowest BCUT2D eigenvalue weighted by Gasteiger charge is -2.43. The Hall–Kier alpha value is -2.12. The molecule has 0 unspecified atom stereocenters. The van der Waals surface area contributed by atoms with Crippen LogP contribution in [0, 0.1) is 23.2 Å². The number of imide groups is 1. The van der Waals surface area contributed by atoms with Crippen LogP contribution in [0.2, 0.25) is 0 Å². The molecular formula is C23H37N3O5. The predicted octanol–water partition coefficient (Wildman–Crippen LogP) is 2.61. The van der Waals surface area contributed by atoms with E-state index in [4.69, 9.17) is 4.74 Å². The van der Waals surface area contributed by atoms with Gasteiger partial charge < -0.3 is 15.4 Å². The first-order chi connectivity index (χ1) is 14.4. The Balaban J connectivity index is 1.52. The van der Waals surface area contributed by atoms with Crippen LogP contribution in [0.25, 0.3) is 0 Å². The number of nitrogens with zero attached hydrogens (tertiary/aromatic N) is 1. The molecule has 3 rings (SSSR count). The van der Waals surface area contributed by atoms with Crippen LogP contribution in [0.1, 0.15) is 73.1 Å². The summed E-state index contributed by atoms with van der Waals surface area (Å²) < 4.78 is 5.08. The summed E-state index contributed by atoms with van der Waals surface area (Å²) in [6.07, 6.45) is 5.23. The minimum Gasteiger partial charge on any atom is -0.454 e. The third-order valence-electron chi connectivity index (χ3n) is 7.33. The van der Waals surface area contributed by atoms with Gasteiger partial charge in [0.05, 0.1) is 0 Å². The number of rotatable bonds is 5. The highest BCUT2D eigenvalue weighted by Crippen LogP contribution is 2.46. The molecule has 8 heteroatoms. The molecule has 1 aliphatic heterocycles. The van der Waals surface area contributed by atoms with Gasteiger partial charge in [-0.05, 0) is 48.9 Å². The average molecular weight is 436 g/mol. The van der Waals surface area contributed by atoms with E-state index in [0.29, 0.717) is 24.7 Å². The van der Waals surface area contributed by atoms with Crippen molar-refractivity contribution in [2.45, 2.75) is 84.7 Å². The van der Waals surface area contributed by atoms with Gasteiger partial charge in [-0.25, -0.2) is 4.79 Å². The largest absolute Gasteiger partial charge is 0.454 e. The summed E-state index contributed by atoms with van der Waals surface area (Å²) in [4.78, 5) is 51.0. The van der Waals surface area contributed by atoms with Gasteiger partial charge in [-0.15, -0.1) is 0 Å². The lowest BCUT2D eigenvalue weighted by atomic mass is 9.64. The lowest BCUT2D eigenvalue weighted by Crippen LogP contribution is -2.54. The van der Waals surface area contributed by atoms with Crippen LogP contribution in [0.15, 0.2) is 0 Å². The Labute approximate surface area is 184 Å². The lowest BCUT2D eigenvalue weighted by molar-refractivity contribution is -0.151. The molecule has 1 heterocycles. The van der Waals surface area contributed by atoms with Crippen molar-refractivity contribution in [3.63, 3.8) is 0 Å². The molecule has 2 saturated carbocycles. The van der Waals surface area contributed by atoms with E-state index in [9.17, 15) is 19.2 Å². The van der Waals surface area contributed by atoms with Crippen molar-refractivity contribution >= 4 is 23.8 Å². The number of carbonyl (C=O) groups excluding carboxylic acids is 4. The van der Waals surface area contributed by atoms with Crippen LogP contribution >= 0.6 is 0 Å². The van der Waals surface area contributed by atoms with Crippen molar-refractivity contribution < 1.29 is 23.9 Å². The van der Waals surface area contributed by atoms with Crippen LogP contribution in [0.5, 0.6) is 0 Å². The zero-order chi connectivity index (χ0) is 23.0. The highest BCUT2D eigenvalue weighted by atomic mass is 16.5. The molecule has 0 aromatic carbocycles. The van der Waals surface area contributed by atoms with Gasteiger partial charge in [0.15, 0.2) is 6.61 Å². The van der Waals surface area contributed by atoms with E-state index < -0.39 is 30.7 Å². The Kier molecular flexibility index (Phi) is 6.67. The molecule has 2 aliphatic carbocycles. The maximum Gasteiger partial charge on any atom is 0.326 e. The molecule has 1 spiro atoms. The number of nitrogens with one attached hydrogen (secondary N) is 2. The first-order valence-corrected chi connectivity index (χ1v) is 11.5. The van der Waals surface area contributed by atoms with Gasteiger partial charge in [0.1, 0.15) is 12.1 Å². The number of hydrogen-bond donors (Lipinski definition) is 2. The van der Waals surface area contributed by atoms with E-state index in [-0.39, 0.29) is 29.2 Å². The summed E-state index contributed by atoms with van der Waals surface area (Å²) in [5, 5.41) is 5.79. The van der Waals surface area contributed by atoms with Crippen LogP contribution in [-0.2, 0) is 19.1 Å². The van der Waals surface area contributed by atoms with Crippen molar-refractivity contribution in [1.82, 2.24) is 15.5 Å². The van der Waals surface area contributed by atoms with E-state index in [2.05, 4.69) is 45.3 Å². The Morgan fingerprint density at radius 2 is 1.87 bits per heavy atom. The van der Waals surface area contributed by atoms with Crippen LogP contribution in [-0.4, -0.2) is 53.4 Å². The molecule has 4 amide bonds. The number of hydrogen-bond acceptors (Lipinski definition) is 5. The second-order valence-electron chi connectivity index (χ2n) is 10.9. The molecule has 174 valence electrons. The summed E-state index contributed by atoms with van der Waals surface area (Å²) >= 11 is 0. The number of urea groups is 1. The summed E-state index contributed by atoms with van der Waals surface area (Å²) in [5.41, 5.74) is -1.04. The monoisotopic (exact) mass is 435 g/mol. The van der Waals surface area contributed by atoms with Gasteiger partial charge >= 0.3 is 12.0 Å². The topological polar surface area (TPSA) is 105 Å². The minimum absolute atomic E-state index is 0.0804. The SMILES string of the molecule is C[C@@H]1CC(C)(C)C[C@]2(C1)NC(=O)N(CC(=O)OCC(=O)N[C@H]1CCC[C@@H](C)[C@H]1C)C2=O. The first-order valence-electron chi connectivity index (χ1n) is 11.5. The van der Waals surface area contributed by atoms with E-state index in [1.165, 1.54) is 0 Å². The predicted molar refractivity (Wildman–Crippen MR) is 115 cm³/mol. The van der Waals surface area contributed by atoms with E-state index >= 15 is 0 Å². The van der Waals surface area contributed by atoms with Crippen LogP contribution in [0.4, 0.5) is 4.79 Å². The molecule has 8 nitrogen and oxygen atoms in total. The van der Waals surface area contributed by atoms with Crippen LogP contribution in [0.3, 0.4) is 0 Å². The Morgan fingerprint density at radius 3 is 2.55 bits per heavy atom. The summed E-state index contributed by atoms with van der Waals surface area (Å²) in [6, 6.07) is -0.487. The molecule has 0 aromatic heterocycles. The Morgan fingerprint density at radius 1 is 1.16 bits per heavy atom. The third kappa shape index (κ3) is 5.21. The number of amides is 4. The molecule has 3 aliphatic rings. The summed E-state index contributed by atoms with van der Waals surface area (Å²) in [6.45, 7) is 9.68. The van der Waals surface area contributed by atoms with Crippen molar-refractivity contribution in [3.05, 3.63) is 0 Å². The summed E-state index contributed by atoms with van der Waals surface area (Å²) in [7, 11) is 0. The maximum atomic E-state index is 13.1. The normalized spacial score (nSPS) is 35.1. The average Bonchev–Trinajstić information content (AvgIpc) is 2.85. The van der Waals surface area contributed by atoms with E-state index in [1.807, 2.05) is 0 Å². The van der Waals surface area contributed by atoms with Gasteiger partial charge in [0, 0.05) is 6.04 Å². The molecule has 1 saturated heterocycles. The van der Waals surface area contributed by atoms with Gasteiger partial charge in [0.2, 0.25) is 0 Å². The van der Waals surface area contributed by atoms with Crippen LogP contribution < -0.4 is 10.6 Å². The minimum atomic E-state index is -0.955. The smallest absolute Gasteiger partial charge is 0.326 e. The third-order valence-corrected chi connectivity index (χ3v) is 7.33. The molecule has 0 aromatic rings. The van der Waals surface area contributed by atoms with Crippen molar-refractivity contribution in [1.29, 1.82) is 0 Å². The Bertz CT molecular complexity index is 751. The van der Waals surface area contributed by atoms with Gasteiger partial charge in [-0.1, -0.05) is 47.5 Å². The molecule has 2 N–H and O–H groups in total. The highest BCUT2D eigenvalue weighted by molar-refractivity contribution is 6.08. The zero-order valence-corrected chi connectivity index (χ0v) is 19.5. The molecular weight excluding hydrogens is 398 g/mol. The molecule has 31 heavy (non-hydrogen) atoms. The fraction of sp³-hybridized carbons (Fsp3) is 0.826. The first kappa shape index (κ1) is 23.5. The molecule has 0 bridgehead atoms. The second-order valence-corrected chi connectivity index (χ2v) is 10.9. The number of esters is 1. The van der Waals surface area contributed by atoms with Gasteiger partial charge in [-0.3, -0.25) is 19.3 Å². The van der Waals surface area contributed by atoms with E-state index in [1.54, 1.807) is 0 Å². The van der Waals surface area contributed by atoms with Gasteiger partial charge in [-0.2, -0.15) is 0 Å². The van der Waals surface area contributed by atoms with Crippen molar-refractivity contribution in [3.8, 4) is 0 Å². The summed E-state index contributed by atoms with van der Waals surface area (Å²) in [5.74, 6) is -0.282. The fourth-order valence-electron chi connectivity index (χ4n) is 6.00. The maximum absolute atomic E-state index is 13.1. The number of carbonyl (C=O) groups is 4. The second kappa shape index (κ2) is 8.79. The number of ether oxygens (including phenoxy) is 1. The fourth-order valence-corrected chi connectivity index (χ4v) is 6.00.